The van der Waals surface area contributed by atoms with Crippen molar-refractivity contribution in [3.05, 3.63) is 70.2 Å². The Morgan fingerprint density at radius 1 is 1.04 bits per heavy atom. The summed E-state index contributed by atoms with van der Waals surface area (Å²) in [5.41, 5.74) is 2.16. The summed E-state index contributed by atoms with van der Waals surface area (Å²) in [7, 11) is 0. The van der Waals surface area contributed by atoms with Crippen molar-refractivity contribution in [2.24, 2.45) is 0 Å². The minimum Gasteiger partial charge on any atom is -0.352 e. The molecule has 2 amide bonds. The van der Waals surface area contributed by atoms with Crippen LogP contribution in [-0.4, -0.2) is 24.4 Å². The van der Waals surface area contributed by atoms with Crippen LogP contribution in [0.15, 0.2) is 48.5 Å². The number of benzene rings is 2. The van der Waals surface area contributed by atoms with Crippen LogP contribution in [0, 0.1) is 0 Å². The van der Waals surface area contributed by atoms with Gasteiger partial charge < -0.3 is 10.6 Å². The minimum atomic E-state index is -0.157. The third-order valence-corrected chi connectivity index (χ3v) is 4.22. The molecular formula is C20H23ClN2O2. The molecule has 0 aliphatic rings. The average Bonchev–Trinajstić information content (AvgIpc) is 2.61. The number of carbonyl (C=O) groups is 2. The fourth-order valence-electron chi connectivity index (χ4n) is 2.30. The van der Waals surface area contributed by atoms with Gasteiger partial charge in [0, 0.05) is 28.7 Å². The normalized spacial score (nSPS) is 11.6. The molecule has 0 radical (unpaired) electrons. The lowest BCUT2D eigenvalue weighted by Gasteiger charge is -2.11. The van der Waals surface area contributed by atoms with Gasteiger partial charge in [-0.1, -0.05) is 30.7 Å². The Labute approximate surface area is 153 Å². The van der Waals surface area contributed by atoms with Crippen LogP contribution in [-0.2, 0) is 6.42 Å². The van der Waals surface area contributed by atoms with E-state index in [1.54, 1.807) is 24.3 Å². The highest BCUT2D eigenvalue weighted by Gasteiger charge is 2.10. The predicted molar refractivity (Wildman–Crippen MR) is 101 cm³/mol. The molecular weight excluding hydrogens is 336 g/mol. The topological polar surface area (TPSA) is 58.2 Å². The van der Waals surface area contributed by atoms with Crippen molar-refractivity contribution in [2.45, 2.75) is 32.7 Å². The van der Waals surface area contributed by atoms with Crippen LogP contribution >= 0.6 is 11.6 Å². The predicted octanol–water partition coefficient (Wildman–Crippen LogP) is 3.84. The van der Waals surface area contributed by atoms with Crippen LogP contribution in [0.2, 0.25) is 5.02 Å². The quantitative estimate of drug-likeness (QED) is 0.790. The van der Waals surface area contributed by atoms with Crippen molar-refractivity contribution in [1.29, 1.82) is 0 Å². The molecule has 0 aliphatic heterocycles. The van der Waals surface area contributed by atoms with E-state index in [0.29, 0.717) is 29.1 Å². The third kappa shape index (κ3) is 5.91. The molecule has 0 saturated carbocycles. The van der Waals surface area contributed by atoms with E-state index in [1.807, 2.05) is 38.1 Å². The fourth-order valence-corrected chi connectivity index (χ4v) is 2.51. The smallest absolute Gasteiger partial charge is 0.251 e. The fraction of sp³-hybridized carbons (Fsp3) is 0.300. The zero-order chi connectivity index (χ0) is 18.2. The Kier molecular flexibility index (Phi) is 7.02. The Bertz CT molecular complexity index is 729. The van der Waals surface area contributed by atoms with E-state index in [9.17, 15) is 9.59 Å². The second-order valence-corrected chi connectivity index (χ2v) is 6.43. The van der Waals surface area contributed by atoms with Crippen LogP contribution < -0.4 is 10.6 Å². The molecule has 2 N–H and O–H groups in total. The van der Waals surface area contributed by atoms with Gasteiger partial charge in [0.1, 0.15) is 0 Å². The molecule has 1 unspecified atom stereocenters. The summed E-state index contributed by atoms with van der Waals surface area (Å²) in [5, 5.41) is 6.47. The van der Waals surface area contributed by atoms with Gasteiger partial charge >= 0.3 is 0 Å². The van der Waals surface area contributed by atoms with Crippen LogP contribution in [0.4, 0.5) is 0 Å². The van der Waals surface area contributed by atoms with E-state index in [4.69, 9.17) is 11.6 Å². The number of rotatable bonds is 7. The number of amides is 2. The molecule has 4 nitrogen and oxygen atoms in total. The van der Waals surface area contributed by atoms with Gasteiger partial charge in [-0.2, -0.15) is 0 Å². The summed E-state index contributed by atoms with van der Waals surface area (Å²) in [5.74, 6) is -0.279. The second kappa shape index (κ2) is 9.23. The molecule has 1 atom stereocenters. The third-order valence-electron chi connectivity index (χ3n) is 3.99. The van der Waals surface area contributed by atoms with E-state index in [-0.39, 0.29) is 17.9 Å². The first-order chi connectivity index (χ1) is 12.0. The zero-order valence-corrected chi connectivity index (χ0v) is 15.3. The molecule has 2 rings (SSSR count). The van der Waals surface area contributed by atoms with E-state index in [1.165, 1.54) is 0 Å². The zero-order valence-electron chi connectivity index (χ0n) is 14.5. The highest BCUT2D eigenvalue weighted by atomic mass is 35.5. The Morgan fingerprint density at radius 2 is 1.68 bits per heavy atom. The Hall–Kier alpha value is -2.33. The van der Waals surface area contributed by atoms with E-state index in [0.717, 1.165) is 12.0 Å². The summed E-state index contributed by atoms with van der Waals surface area (Å²) in [6.45, 7) is 4.50. The summed E-state index contributed by atoms with van der Waals surface area (Å²) >= 11 is 5.94. The molecule has 0 bridgehead atoms. The maximum Gasteiger partial charge on any atom is 0.251 e. The maximum absolute atomic E-state index is 12.2. The summed E-state index contributed by atoms with van der Waals surface area (Å²) in [6.07, 6.45) is 1.58. The molecule has 25 heavy (non-hydrogen) atoms. The average molecular weight is 359 g/mol. The van der Waals surface area contributed by atoms with Crippen molar-refractivity contribution in [3.8, 4) is 0 Å². The van der Waals surface area contributed by atoms with E-state index in [2.05, 4.69) is 10.6 Å². The Morgan fingerprint density at radius 3 is 2.28 bits per heavy atom. The summed E-state index contributed by atoms with van der Waals surface area (Å²) in [4.78, 5) is 24.2. The number of halogens is 1. The van der Waals surface area contributed by atoms with Crippen LogP contribution in [0.1, 0.15) is 46.5 Å². The molecule has 0 heterocycles. The highest BCUT2D eigenvalue weighted by Crippen LogP contribution is 2.11. The van der Waals surface area contributed by atoms with Gasteiger partial charge in [0.25, 0.3) is 11.8 Å². The first-order valence-electron chi connectivity index (χ1n) is 8.43. The number of hydrogen-bond acceptors (Lipinski definition) is 2. The van der Waals surface area contributed by atoms with Crippen molar-refractivity contribution in [2.75, 3.05) is 6.54 Å². The van der Waals surface area contributed by atoms with Crippen LogP contribution in [0.3, 0.4) is 0 Å². The van der Waals surface area contributed by atoms with Crippen LogP contribution in [0.5, 0.6) is 0 Å². The monoisotopic (exact) mass is 358 g/mol. The highest BCUT2D eigenvalue weighted by molar-refractivity contribution is 6.30. The second-order valence-electron chi connectivity index (χ2n) is 6.00. The molecule has 0 saturated heterocycles. The van der Waals surface area contributed by atoms with E-state index >= 15 is 0 Å². The van der Waals surface area contributed by atoms with Gasteiger partial charge in [-0.25, -0.2) is 0 Å². The lowest BCUT2D eigenvalue weighted by atomic mass is 10.1. The Balaban J connectivity index is 1.86. The van der Waals surface area contributed by atoms with Gasteiger partial charge in [0.15, 0.2) is 0 Å². The molecule has 0 aliphatic carbocycles. The molecule has 0 spiro atoms. The van der Waals surface area contributed by atoms with Crippen LogP contribution in [0.25, 0.3) is 0 Å². The summed E-state index contributed by atoms with van der Waals surface area (Å²) in [6, 6.07) is 14.4. The van der Waals surface area contributed by atoms with Crippen molar-refractivity contribution >= 4 is 23.4 Å². The molecule has 0 aromatic heterocycles. The maximum atomic E-state index is 12.2. The molecule has 0 fully saturated rings. The van der Waals surface area contributed by atoms with Gasteiger partial charge in [0.2, 0.25) is 0 Å². The summed E-state index contributed by atoms with van der Waals surface area (Å²) < 4.78 is 0. The number of hydrogen-bond donors (Lipinski definition) is 2. The molecule has 132 valence electrons. The van der Waals surface area contributed by atoms with E-state index < -0.39 is 0 Å². The lowest BCUT2D eigenvalue weighted by Crippen LogP contribution is -2.32. The van der Waals surface area contributed by atoms with Gasteiger partial charge in [0.05, 0.1) is 0 Å². The van der Waals surface area contributed by atoms with Gasteiger partial charge in [-0.05, 0) is 61.7 Å². The lowest BCUT2D eigenvalue weighted by molar-refractivity contribution is 0.0932. The standard InChI is InChI=1S/C20H23ClN2O2/c1-3-14(2)23-20(25)17-9-7-16(8-10-17)19(24)22-12-11-15-5-4-6-18(21)13-15/h4-10,13-14H,3,11-12H2,1-2H3,(H,22,24)(H,23,25). The first-order valence-corrected chi connectivity index (χ1v) is 8.81. The van der Waals surface area contributed by atoms with Crippen molar-refractivity contribution in [3.63, 3.8) is 0 Å². The minimum absolute atomic E-state index is 0.123. The SMILES string of the molecule is CCC(C)NC(=O)c1ccc(C(=O)NCCc2cccc(Cl)c2)cc1. The molecule has 5 heteroatoms. The van der Waals surface area contributed by atoms with Gasteiger partial charge in [-0.3, -0.25) is 9.59 Å². The first kappa shape index (κ1) is 19.0. The molecule has 2 aromatic carbocycles. The number of nitrogens with one attached hydrogen (secondary N) is 2. The number of carbonyl (C=O) groups excluding carboxylic acids is 2. The molecule has 2 aromatic rings. The van der Waals surface area contributed by atoms with Crippen molar-refractivity contribution in [1.82, 2.24) is 10.6 Å². The largest absolute Gasteiger partial charge is 0.352 e. The van der Waals surface area contributed by atoms with Crippen molar-refractivity contribution < 1.29 is 9.59 Å². The van der Waals surface area contributed by atoms with Gasteiger partial charge in [-0.15, -0.1) is 0 Å².